The topological polar surface area (TPSA) is 23.5 Å². The summed E-state index contributed by atoms with van der Waals surface area (Å²) >= 11 is 0. The van der Waals surface area contributed by atoms with Crippen LogP contribution in [-0.4, -0.2) is 36.2 Å². The van der Waals surface area contributed by atoms with Crippen molar-refractivity contribution in [2.45, 2.75) is 25.4 Å². The van der Waals surface area contributed by atoms with Gasteiger partial charge in [-0.2, -0.15) is 13.2 Å². The van der Waals surface area contributed by atoms with Crippen LogP contribution in [0.4, 0.5) is 13.2 Å². The Kier molecular flexibility index (Phi) is 6.57. The standard InChI is InChI=1S/C23H26F3NO/c24-23(25,26)21-11-5-4-10-20(21)17-22(18-28)12-15-27(16-13-22)14-6-9-19-7-2-1-3-8-19/h1-11,28H,12-18H2/b9-6+. The maximum absolute atomic E-state index is 13.3. The first kappa shape index (κ1) is 20.6. The minimum atomic E-state index is -4.36. The molecule has 2 aromatic rings. The second-order valence-corrected chi connectivity index (χ2v) is 7.60. The summed E-state index contributed by atoms with van der Waals surface area (Å²) in [6.45, 7) is 2.25. The number of benzene rings is 2. The summed E-state index contributed by atoms with van der Waals surface area (Å²) in [5.41, 5.74) is 0.353. The SMILES string of the molecule is OCC1(Cc2ccccc2C(F)(F)F)CCN(C/C=C/c2ccccc2)CC1. The number of aliphatic hydroxyl groups excluding tert-OH is 1. The highest BCUT2D eigenvalue weighted by Gasteiger charge is 2.38. The minimum Gasteiger partial charge on any atom is -0.396 e. The molecule has 1 aliphatic heterocycles. The third kappa shape index (κ3) is 5.24. The Labute approximate surface area is 164 Å². The van der Waals surface area contributed by atoms with E-state index >= 15 is 0 Å². The molecule has 0 saturated carbocycles. The lowest BCUT2D eigenvalue weighted by Gasteiger charge is -2.41. The van der Waals surface area contributed by atoms with Crippen LogP contribution in [0.5, 0.6) is 0 Å². The number of aliphatic hydroxyl groups is 1. The molecule has 2 nitrogen and oxygen atoms in total. The number of hydrogen-bond donors (Lipinski definition) is 1. The molecule has 2 aromatic carbocycles. The highest BCUT2D eigenvalue weighted by molar-refractivity contribution is 5.48. The van der Waals surface area contributed by atoms with Crippen LogP contribution in [0, 0.1) is 5.41 Å². The molecule has 3 rings (SSSR count). The van der Waals surface area contributed by atoms with Crippen molar-refractivity contribution in [1.29, 1.82) is 0 Å². The fraction of sp³-hybridized carbons (Fsp3) is 0.391. The van der Waals surface area contributed by atoms with E-state index in [0.29, 0.717) is 12.8 Å². The number of halogens is 3. The van der Waals surface area contributed by atoms with E-state index in [1.807, 2.05) is 30.3 Å². The first-order chi connectivity index (χ1) is 13.4. The second kappa shape index (κ2) is 8.93. The number of nitrogens with zero attached hydrogens (tertiary/aromatic N) is 1. The maximum atomic E-state index is 13.3. The normalized spacial score (nSPS) is 17.9. The molecular formula is C23H26F3NO. The van der Waals surface area contributed by atoms with Gasteiger partial charge in [-0.1, -0.05) is 60.7 Å². The van der Waals surface area contributed by atoms with E-state index < -0.39 is 17.2 Å². The fourth-order valence-electron chi connectivity index (χ4n) is 3.86. The highest BCUT2D eigenvalue weighted by atomic mass is 19.4. The molecule has 0 spiro atoms. The molecule has 1 heterocycles. The summed E-state index contributed by atoms with van der Waals surface area (Å²) in [4.78, 5) is 2.28. The Bertz CT molecular complexity index is 778. The number of likely N-dealkylation sites (tertiary alicyclic amines) is 1. The van der Waals surface area contributed by atoms with Gasteiger partial charge in [-0.05, 0) is 55.0 Å². The molecular weight excluding hydrogens is 363 g/mol. The Morgan fingerprint density at radius 1 is 0.964 bits per heavy atom. The van der Waals surface area contributed by atoms with Crippen LogP contribution < -0.4 is 0 Å². The second-order valence-electron chi connectivity index (χ2n) is 7.60. The van der Waals surface area contributed by atoms with Crippen LogP contribution >= 0.6 is 0 Å². The quantitative estimate of drug-likeness (QED) is 0.749. The van der Waals surface area contributed by atoms with Gasteiger partial charge in [-0.3, -0.25) is 4.90 Å². The Morgan fingerprint density at radius 2 is 1.61 bits per heavy atom. The first-order valence-corrected chi connectivity index (χ1v) is 9.62. The molecule has 1 saturated heterocycles. The van der Waals surface area contributed by atoms with Crippen molar-refractivity contribution in [3.05, 3.63) is 77.4 Å². The lowest BCUT2D eigenvalue weighted by atomic mass is 9.73. The number of hydrogen-bond acceptors (Lipinski definition) is 2. The van der Waals surface area contributed by atoms with Crippen molar-refractivity contribution in [2.75, 3.05) is 26.2 Å². The molecule has 0 unspecified atom stereocenters. The van der Waals surface area contributed by atoms with Gasteiger partial charge >= 0.3 is 6.18 Å². The maximum Gasteiger partial charge on any atom is 0.416 e. The summed E-state index contributed by atoms with van der Waals surface area (Å²) < 4.78 is 39.9. The van der Waals surface area contributed by atoms with E-state index in [1.165, 1.54) is 12.1 Å². The Hall–Kier alpha value is -2.11. The van der Waals surface area contributed by atoms with Crippen LogP contribution in [0.15, 0.2) is 60.7 Å². The monoisotopic (exact) mass is 389 g/mol. The van der Waals surface area contributed by atoms with Crippen LogP contribution in [0.2, 0.25) is 0 Å². The van der Waals surface area contributed by atoms with Crippen LogP contribution in [0.25, 0.3) is 6.08 Å². The predicted molar refractivity (Wildman–Crippen MR) is 106 cm³/mol. The molecule has 0 bridgehead atoms. The van der Waals surface area contributed by atoms with Crippen molar-refractivity contribution < 1.29 is 18.3 Å². The lowest BCUT2D eigenvalue weighted by molar-refractivity contribution is -0.138. The number of alkyl halides is 3. The summed E-state index contributed by atoms with van der Waals surface area (Å²) in [6, 6.07) is 15.8. The zero-order chi connectivity index (χ0) is 20.0. The zero-order valence-corrected chi connectivity index (χ0v) is 15.8. The molecule has 1 N–H and O–H groups in total. The molecule has 0 amide bonds. The molecule has 1 fully saturated rings. The van der Waals surface area contributed by atoms with Gasteiger partial charge in [-0.15, -0.1) is 0 Å². The van der Waals surface area contributed by atoms with E-state index in [0.717, 1.165) is 31.3 Å². The van der Waals surface area contributed by atoms with Gasteiger partial charge in [-0.25, -0.2) is 0 Å². The molecule has 5 heteroatoms. The molecule has 1 aliphatic rings. The van der Waals surface area contributed by atoms with E-state index in [2.05, 4.69) is 17.1 Å². The zero-order valence-electron chi connectivity index (χ0n) is 15.8. The molecule has 0 atom stereocenters. The molecule has 28 heavy (non-hydrogen) atoms. The summed E-state index contributed by atoms with van der Waals surface area (Å²) in [5.74, 6) is 0. The fourth-order valence-corrected chi connectivity index (χ4v) is 3.86. The average Bonchev–Trinajstić information content (AvgIpc) is 2.70. The van der Waals surface area contributed by atoms with Crippen LogP contribution in [0.3, 0.4) is 0 Å². The van der Waals surface area contributed by atoms with Crippen LogP contribution in [-0.2, 0) is 12.6 Å². The lowest BCUT2D eigenvalue weighted by Crippen LogP contribution is -2.43. The van der Waals surface area contributed by atoms with Gasteiger partial charge in [0.2, 0.25) is 0 Å². The smallest absolute Gasteiger partial charge is 0.396 e. The third-order valence-corrected chi connectivity index (χ3v) is 5.61. The van der Waals surface area contributed by atoms with Gasteiger partial charge < -0.3 is 5.11 Å². The highest BCUT2D eigenvalue weighted by Crippen LogP contribution is 2.39. The summed E-state index contributed by atoms with van der Waals surface area (Å²) in [5, 5.41) is 9.99. The van der Waals surface area contributed by atoms with Crippen molar-refractivity contribution in [1.82, 2.24) is 4.90 Å². The summed E-state index contributed by atoms with van der Waals surface area (Å²) in [6.07, 6.45) is 1.46. The average molecular weight is 389 g/mol. The van der Waals surface area contributed by atoms with Gasteiger partial charge in [0.25, 0.3) is 0 Å². The van der Waals surface area contributed by atoms with Gasteiger partial charge in [0.1, 0.15) is 0 Å². The molecule has 0 aliphatic carbocycles. The van der Waals surface area contributed by atoms with Crippen molar-refractivity contribution >= 4 is 6.08 Å². The van der Waals surface area contributed by atoms with E-state index in [-0.39, 0.29) is 18.6 Å². The summed E-state index contributed by atoms with van der Waals surface area (Å²) in [7, 11) is 0. The van der Waals surface area contributed by atoms with Gasteiger partial charge in [0.05, 0.1) is 5.56 Å². The number of piperidine rings is 1. The molecule has 0 aromatic heterocycles. The predicted octanol–water partition coefficient (Wildman–Crippen LogP) is 5.04. The van der Waals surface area contributed by atoms with Crippen LogP contribution in [0.1, 0.15) is 29.5 Å². The van der Waals surface area contributed by atoms with E-state index in [4.69, 9.17) is 0 Å². The van der Waals surface area contributed by atoms with Crippen molar-refractivity contribution in [2.24, 2.45) is 5.41 Å². The van der Waals surface area contributed by atoms with E-state index in [9.17, 15) is 18.3 Å². The van der Waals surface area contributed by atoms with Crippen molar-refractivity contribution in [3.63, 3.8) is 0 Å². The van der Waals surface area contributed by atoms with Crippen molar-refractivity contribution in [3.8, 4) is 0 Å². The third-order valence-electron chi connectivity index (χ3n) is 5.61. The largest absolute Gasteiger partial charge is 0.416 e. The molecule has 150 valence electrons. The van der Waals surface area contributed by atoms with E-state index in [1.54, 1.807) is 6.07 Å². The Balaban J connectivity index is 1.61. The number of rotatable bonds is 6. The minimum absolute atomic E-state index is 0.0904. The van der Waals surface area contributed by atoms with Gasteiger partial charge in [0, 0.05) is 13.2 Å². The first-order valence-electron chi connectivity index (χ1n) is 9.62. The molecule has 0 radical (unpaired) electrons. The van der Waals surface area contributed by atoms with Gasteiger partial charge in [0.15, 0.2) is 0 Å². The Morgan fingerprint density at radius 3 is 2.25 bits per heavy atom.